The second kappa shape index (κ2) is 5.07. The van der Waals surface area contributed by atoms with Crippen LogP contribution in [0.4, 0.5) is 17.2 Å². The molecule has 1 aromatic heterocycles. The maximum absolute atomic E-state index is 13.5. The lowest BCUT2D eigenvalue weighted by molar-refractivity contribution is -0.141. The minimum absolute atomic E-state index is 0.108. The van der Waals surface area contributed by atoms with E-state index in [0.717, 1.165) is 47.9 Å². The summed E-state index contributed by atoms with van der Waals surface area (Å²) in [5.41, 5.74) is 2.91. The number of aromatic nitrogens is 1. The topological polar surface area (TPSA) is 45.2 Å². The standard InChI is InChI=1S/C20H21N3O/c24-19(20-9-3-5-14(11-20)12-20)23-13-15-6-4-10-21-18(15)22-16-7-1-2-8-17(16)23/h1-2,4,6-8,10,14H,3,5,9,11-13H2,(H,21,22). The molecule has 24 heavy (non-hydrogen) atoms. The van der Waals surface area contributed by atoms with E-state index in [9.17, 15) is 4.79 Å². The summed E-state index contributed by atoms with van der Waals surface area (Å²) in [6.07, 6.45) is 7.51. The van der Waals surface area contributed by atoms with Crippen molar-refractivity contribution in [3.63, 3.8) is 0 Å². The highest BCUT2D eigenvalue weighted by atomic mass is 16.2. The van der Waals surface area contributed by atoms with Crippen molar-refractivity contribution >= 4 is 23.1 Å². The molecule has 6 rings (SSSR count). The SMILES string of the molecule is O=C(N1Cc2cccnc2Nc2ccccc21)C12CCCC(C1)C2. The number of fused-ring (bicyclic) bond motifs is 4. The molecule has 2 heterocycles. The van der Waals surface area contributed by atoms with E-state index in [-0.39, 0.29) is 5.41 Å². The molecule has 4 aliphatic rings. The molecular weight excluding hydrogens is 298 g/mol. The van der Waals surface area contributed by atoms with Crippen molar-refractivity contribution < 1.29 is 4.79 Å². The first-order chi connectivity index (χ1) is 11.8. The fraction of sp³-hybridized carbons (Fsp3) is 0.400. The molecule has 1 aliphatic heterocycles. The molecule has 2 aromatic rings. The Balaban J connectivity index is 1.58. The molecule has 4 heteroatoms. The van der Waals surface area contributed by atoms with Gasteiger partial charge in [0.1, 0.15) is 5.82 Å². The van der Waals surface area contributed by atoms with E-state index in [0.29, 0.717) is 12.5 Å². The van der Waals surface area contributed by atoms with Crippen LogP contribution in [0, 0.1) is 11.3 Å². The third kappa shape index (κ3) is 1.98. The molecule has 1 aromatic carbocycles. The van der Waals surface area contributed by atoms with Crippen molar-refractivity contribution in [2.45, 2.75) is 38.6 Å². The zero-order valence-electron chi connectivity index (χ0n) is 13.7. The van der Waals surface area contributed by atoms with Gasteiger partial charge >= 0.3 is 0 Å². The number of carbonyl (C=O) groups is 1. The first-order valence-electron chi connectivity index (χ1n) is 8.87. The van der Waals surface area contributed by atoms with Gasteiger partial charge in [0.15, 0.2) is 0 Å². The molecule has 1 amide bonds. The normalized spacial score (nSPS) is 27.2. The molecule has 1 N–H and O–H groups in total. The van der Waals surface area contributed by atoms with Gasteiger partial charge in [-0.3, -0.25) is 4.79 Å². The van der Waals surface area contributed by atoms with Crippen LogP contribution in [0.5, 0.6) is 0 Å². The summed E-state index contributed by atoms with van der Waals surface area (Å²) in [6, 6.07) is 12.1. The summed E-state index contributed by atoms with van der Waals surface area (Å²) >= 11 is 0. The molecule has 0 saturated heterocycles. The van der Waals surface area contributed by atoms with Crippen LogP contribution in [0.1, 0.15) is 37.7 Å². The van der Waals surface area contributed by atoms with E-state index in [1.807, 2.05) is 35.2 Å². The number of anilines is 3. The minimum atomic E-state index is -0.108. The van der Waals surface area contributed by atoms with Crippen LogP contribution in [-0.2, 0) is 11.3 Å². The molecule has 3 fully saturated rings. The zero-order valence-corrected chi connectivity index (χ0v) is 13.7. The van der Waals surface area contributed by atoms with E-state index in [4.69, 9.17) is 0 Å². The fourth-order valence-corrected chi connectivity index (χ4v) is 4.81. The Kier molecular flexibility index (Phi) is 2.96. The Hall–Kier alpha value is -2.36. The third-order valence-corrected chi connectivity index (χ3v) is 5.99. The molecule has 2 bridgehead atoms. The Morgan fingerprint density at radius 3 is 2.92 bits per heavy atom. The van der Waals surface area contributed by atoms with Crippen molar-refractivity contribution in [2.75, 3.05) is 10.2 Å². The van der Waals surface area contributed by atoms with E-state index in [2.05, 4.69) is 16.4 Å². The van der Waals surface area contributed by atoms with Gasteiger partial charge in [-0.2, -0.15) is 0 Å². The maximum Gasteiger partial charge on any atom is 0.233 e. The average Bonchev–Trinajstić information content (AvgIpc) is 2.77. The van der Waals surface area contributed by atoms with Gasteiger partial charge in [-0.05, 0) is 43.4 Å². The van der Waals surface area contributed by atoms with Gasteiger partial charge in [0.25, 0.3) is 0 Å². The number of rotatable bonds is 1. The second-order valence-corrected chi connectivity index (χ2v) is 7.49. The third-order valence-electron chi connectivity index (χ3n) is 5.99. The van der Waals surface area contributed by atoms with Crippen LogP contribution in [0.3, 0.4) is 0 Å². The predicted molar refractivity (Wildman–Crippen MR) is 94.2 cm³/mol. The number of hydrogen-bond donors (Lipinski definition) is 1. The van der Waals surface area contributed by atoms with Gasteiger partial charge in [0.05, 0.1) is 23.3 Å². The number of hydrogen-bond acceptors (Lipinski definition) is 3. The second-order valence-electron chi connectivity index (χ2n) is 7.49. The average molecular weight is 319 g/mol. The lowest BCUT2D eigenvalue weighted by Gasteiger charge is -2.52. The number of para-hydroxylation sites is 2. The summed E-state index contributed by atoms with van der Waals surface area (Å²) in [4.78, 5) is 20.0. The van der Waals surface area contributed by atoms with Gasteiger partial charge in [-0.1, -0.05) is 31.0 Å². The molecule has 4 nitrogen and oxygen atoms in total. The minimum Gasteiger partial charge on any atom is -0.338 e. The number of amides is 1. The summed E-state index contributed by atoms with van der Waals surface area (Å²) in [5.74, 6) is 1.94. The van der Waals surface area contributed by atoms with Crippen LogP contribution in [0.25, 0.3) is 0 Å². The van der Waals surface area contributed by atoms with Crippen molar-refractivity contribution in [3.8, 4) is 0 Å². The fourth-order valence-electron chi connectivity index (χ4n) is 4.81. The van der Waals surface area contributed by atoms with Gasteiger partial charge in [0.2, 0.25) is 5.91 Å². The van der Waals surface area contributed by atoms with Gasteiger partial charge < -0.3 is 10.2 Å². The van der Waals surface area contributed by atoms with Crippen molar-refractivity contribution in [2.24, 2.45) is 11.3 Å². The summed E-state index contributed by atoms with van der Waals surface area (Å²) in [6.45, 7) is 0.596. The summed E-state index contributed by atoms with van der Waals surface area (Å²) in [7, 11) is 0. The van der Waals surface area contributed by atoms with E-state index >= 15 is 0 Å². The van der Waals surface area contributed by atoms with Gasteiger partial charge in [-0.15, -0.1) is 0 Å². The molecule has 0 spiro atoms. The van der Waals surface area contributed by atoms with Crippen molar-refractivity contribution in [1.82, 2.24) is 4.98 Å². The molecular formula is C20H21N3O. The van der Waals surface area contributed by atoms with Crippen LogP contribution < -0.4 is 10.2 Å². The lowest BCUT2D eigenvalue weighted by Crippen LogP contribution is -2.53. The molecule has 3 aliphatic carbocycles. The Bertz CT molecular complexity index is 805. The quantitative estimate of drug-likeness (QED) is 0.854. The highest BCUT2D eigenvalue weighted by Crippen LogP contribution is 2.57. The van der Waals surface area contributed by atoms with Gasteiger partial charge in [-0.25, -0.2) is 4.98 Å². The van der Waals surface area contributed by atoms with Crippen LogP contribution in [0.15, 0.2) is 42.6 Å². The van der Waals surface area contributed by atoms with Crippen molar-refractivity contribution in [3.05, 3.63) is 48.2 Å². The molecule has 0 atom stereocenters. The number of carbonyl (C=O) groups excluding carboxylic acids is 1. The largest absolute Gasteiger partial charge is 0.338 e. The molecule has 0 radical (unpaired) electrons. The molecule has 0 unspecified atom stereocenters. The molecule has 122 valence electrons. The summed E-state index contributed by atoms with van der Waals surface area (Å²) in [5, 5.41) is 3.41. The lowest BCUT2D eigenvalue weighted by atomic mass is 9.53. The van der Waals surface area contributed by atoms with Crippen LogP contribution in [0.2, 0.25) is 0 Å². The number of nitrogens with zero attached hydrogens (tertiary/aromatic N) is 2. The van der Waals surface area contributed by atoms with E-state index in [1.54, 1.807) is 6.20 Å². The number of benzene rings is 1. The number of nitrogens with one attached hydrogen (secondary N) is 1. The zero-order chi connectivity index (χ0) is 16.1. The van der Waals surface area contributed by atoms with E-state index in [1.165, 1.54) is 12.8 Å². The Morgan fingerprint density at radius 2 is 2.08 bits per heavy atom. The van der Waals surface area contributed by atoms with Crippen LogP contribution in [-0.4, -0.2) is 10.9 Å². The molecule has 3 saturated carbocycles. The number of pyridine rings is 1. The van der Waals surface area contributed by atoms with E-state index < -0.39 is 0 Å². The predicted octanol–water partition coefficient (Wildman–Crippen LogP) is 4.25. The monoisotopic (exact) mass is 319 g/mol. The first-order valence-corrected chi connectivity index (χ1v) is 8.87. The highest BCUT2D eigenvalue weighted by Gasteiger charge is 2.53. The summed E-state index contributed by atoms with van der Waals surface area (Å²) < 4.78 is 0. The van der Waals surface area contributed by atoms with Crippen LogP contribution >= 0.6 is 0 Å². The first kappa shape index (κ1) is 14.0. The Morgan fingerprint density at radius 1 is 1.21 bits per heavy atom. The van der Waals surface area contributed by atoms with Gasteiger partial charge in [0, 0.05) is 11.8 Å². The smallest absolute Gasteiger partial charge is 0.233 e. The maximum atomic E-state index is 13.5. The Labute approximate surface area is 141 Å². The highest BCUT2D eigenvalue weighted by molar-refractivity contribution is 6.02. The van der Waals surface area contributed by atoms with Crippen molar-refractivity contribution in [1.29, 1.82) is 0 Å².